The second-order valence-electron chi connectivity index (χ2n) is 4.64. The summed E-state index contributed by atoms with van der Waals surface area (Å²) in [4.78, 5) is 19.6. The predicted octanol–water partition coefficient (Wildman–Crippen LogP) is 2.41. The summed E-state index contributed by atoms with van der Waals surface area (Å²) >= 11 is 6.03. The fourth-order valence-electron chi connectivity index (χ4n) is 1.87. The van der Waals surface area contributed by atoms with Crippen molar-refractivity contribution in [3.05, 3.63) is 35.5 Å². The highest BCUT2D eigenvalue weighted by atomic mass is 35.5. The Hall–Kier alpha value is -1.81. The first kappa shape index (κ1) is 13.6. The molecule has 0 saturated carbocycles. The van der Waals surface area contributed by atoms with Gasteiger partial charge in [0.15, 0.2) is 0 Å². The molecule has 0 aliphatic heterocycles. The van der Waals surface area contributed by atoms with Gasteiger partial charge in [0.05, 0.1) is 12.1 Å². The molecule has 0 spiro atoms. The number of carbonyl (C=O) groups excluding carboxylic acids is 1. The summed E-state index contributed by atoms with van der Waals surface area (Å²) < 4.78 is 0. The van der Waals surface area contributed by atoms with Crippen molar-refractivity contribution in [1.82, 2.24) is 9.88 Å². The van der Waals surface area contributed by atoms with Crippen LogP contribution in [0.5, 0.6) is 0 Å². The third-order valence-electron chi connectivity index (χ3n) is 2.96. The number of hydrogen-bond donors (Lipinski definition) is 0. The number of halogens is 1. The molecule has 100 valence electrons. The highest BCUT2D eigenvalue weighted by molar-refractivity contribution is 6.31. The molecule has 0 aliphatic rings. The summed E-state index contributed by atoms with van der Waals surface area (Å²) in [5, 5.41) is 1.61. The van der Waals surface area contributed by atoms with E-state index in [2.05, 4.69) is 4.98 Å². The van der Waals surface area contributed by atoms with Crippen molar-refractivity contribution in [1.29, 1.82) is 0 Å². The largest absolute Gasteiger partial charge is 0.365 e. The van der Waals surface area contributed by atoms with Gasteiger partial charge in [-0.2, -0.15) is 0 Å². The maximum Gasteiger partial charge on any atom is 0.241 e. The van der Waals surface area contributed by atoms with Gasteiger partial charge in [-0.15, -0.1) is 0 Å². The number of aromatic nitrogens is 1. The molecule has 4 nitrogen and oxygen atoms in total. The average Bonchev–Trinajstić information content (AvgIpc) is 2.37. The summed E-state index contributed by atoms with van der Waals surface area (Å²) in [6.45, 7) is 0.318. The molecule has 0 N–H and O–H groups in total. The van der Waals surface area contributed by atoms with Crippen molar-refractivity contribution >= 4 is 34.1 Å². The Labute approximate surface area is 117 Å². The van der Waals surface area contributed by atoms with E-state index < -0.39 is 0 Å². The van der Waals surface area contributed by atoms with E-state index in [1.54, 1.807) is 25.2 Å². The maximum atomic E-state index is 11.8. The third-order valence-corrected chi connectivity index (χ3v) is 3.20. The van der Waals surface area contributed by atoms with Gasteiger partial charge in [-0.25, -0.2) is 0 Å². The van der Waals surface area contributed by atoms with Gasteiger partial charge in [-0.05, 0) is 24.3 Å². The van der Waals surface area contributed by atoms with Crippen molar-refractivity contribution in [2.45, 2.75) is 0 Å². The molecule has 0 fully saturated rings. The fraction of sp³-hybridized carbons (Fsp3) is 0.286. The van der Waals surface area contributed by atoms with E-state index in [9.17, 15) is 4.79 Å². The number of amides is 1. The second-order valence-corrected chi connectivity index (χ2v) is 5.07. The minimum atomic E-state index is 0.0505. The molecule has 0 unspecified atom stereocenters. The first-order valence-corrected chi connectivity index (χ1v) is 6.32. The van der Waals surface area contributed by atoms with E-state index in [1.807, 2.05) is 36.2 Å². The van der Waals surface area contributed by atoms with E-state index in [0.29, 0.717) is 11.6 Å². The van der Waals surface area contributed by atoms with E-state index in [0.717, 1.165) is 16.6 Å². The van der Waals surface area contributed by atoms with E-state index in [4.69, 9.17) is 11.6 Å². The van der Waals surface area contributed by atoms with Gasteiger partial charge in [0, 0.05) is 43.4 Å². The highest BCUT2D eigenvalue weighted by Gasteiger charge is 2.12. The second kappa shape index (κ2) is 5.45. The van der Waals surface area contributed by atoms with E-state index in [1.165, 1.54) is 0 Å². The zero-order valence-corrected chi connectivity index (χ0v) is 12.0. The molecular weight excluding hydrogens is 262 g/mol. The standard InChI is InChI=1S/C14H16ClN3O/c1-17(2)14(19)9-18(3)13-6-7-16-12-5-4-10(15)8-11(12)13/h4-8H,9H2,1-3H3. The lowest BCUT2D eigenvalue weighted by atomic mass is 10.1. The molecular formula is C14H16ClN3O. The topological polar surface area (TPSA) is 36.4 Å². The van der Waals surface area contributed by atoms with Gasteiger partial charge in [0.1, 0.15) is 0 Å². The van der Waals surface area contributed by atoms with Crippen LogP contribution in [0.15, 0.2) is 30.5 Å². The fourth-order valence-corrected chi connectivity index (χ4v) is 2.04. The molecule has 1 aromatic carbocycles. The van der Waals surface area contributed by atoms with Crippen molar-refractivity contribution in [2.75, 3.05) is 32.6 Å². The number of likely N-dealkylation sites (N-methyl/N-ethyl adjacent to an activating group) is 2. The quantitative estimate of drug-likeness (QED) is 0.864. The Morgan fingerprint density at radius 3 is 2.68 bits per heavy atom. The van der Waals surface area contributed by atoms with Crippen LogP contribution in [-0.2, 0) is 4.79 Å². The zero-order chi connectivity index (χ0) is 14.0. The lowest BCUT2D eigenvalue weighted by Crippen LogP contribution is -2.34. The Morgan fingerprint density at radius 2 is 2.00 bits per heavy atom. The molecule has 19 heavy (non-hydrogen) atoms. The van der Waals surface area contributed by atoms with Crippen LogP contribution >= 0.6 is 11.6 Å². The molecule has 0 aliphatic carbocycles. The molecule has 0 bridgehead atoms. The minimum absolute atomic E-state index is 0.0505. The average molecular weight is 278 g/mol. The number of pyridine rings is 1. The highest BCUT2D eigenvalue weighted by Crippen LogP contribution is 2.27. The Kier molecular flexibility index (Phi) is 3.90. The molecule has 0 radical (unpaired) electrons. The SMILES string of the molecule is CN(C)C(=O)CN(C)c1ccnc2ccc(Cl)cc12. The monoisotopic (exact) mass is 277 g/mol. The van der Waals surface area contributed by atoms with Gasteiger partial charge >= 0.3 is 0 Å². The van der Waals surface area contributed by atoms with E-state index in [-0.39, 0.29) is 5.91 Å². The normalized spacial score (nSPS) is 10.5. The lowest BCUT2D eigenvalue weighted by Gasteiger charge is -2.22. The number of nitrogens with zero attached hydrogens (tertiary/aromatic N) is 3. The number of fused-ring (bicyclic) bond motifs is 1. The number of carbonyl (C=O) groups is 1. The van der Waals surface area contributed by atoms with Gasteiger partial charge in [-0.3, -0.25) is 9.78 Å². The van der Waals surface area contributed by atoms with Gasteiger partial charge in [-0.1, -0.05) is 11.6 Å². The number of hydrogen-bond acceptors (Lipinski definition) is 3. The maximum absolute atomic E-state index is 11.8. The Balaban J connectivity index is 2.39. The van der Waals surface area contributed by atoms with Crippen LogP contribution < -0.4 is 4.90 Å². The van der Waals surface area contributed by atoms with Crippen LogP contribution in [0.4, 0.5) is 5.69 Å². The number of anilines is 1. The molecule has 5 heteroatoms. The number of benzene rings is 1. The number of rotatable bonds is 3. The van der Waals surface area contributed by atoms with Gasteiger partial charge < -0.3 is 9.80 Å². The summed E-state index contributed by atoms with van der Waals surface area (Å²) in [5.74, 6) is 0.0505. The van der Waals surface area contributed by atoms with Crippen LogP contribution in [0.1, 0.15) is 0 Å². The zero-order valence-electron chi connectivity index (χ0n) is 11.2. The van der Waals surface area contributed by atoms with Gasteiger partial charge in [0.25, 0.3) is 0 Å². The summed E-state index contributed by atoms with van der Waals surface area (Å²) in [7, 11) is 5.38. The van der Waals surface area contributed by atoms with Crippen molar-refractivity contribution < 1.29 is 4.79 Å². The predicted molar refractivity (Wildman–Crippen MR) is 78.7 cm³/mol. The van der Waals surface area contributed by atoms with Crippen LogP contribution in [-0.4, -0.2) is 43.5 Å². The third kappa shape index (κ3) is 2.96. The van der Waals surface area contributed by atoms with Crippen LogP contribution in [0.2, 0.25) is 5.02 Å². The van der Waals surface area contributed by atoms with Crippen LogP contribution in [0.25, 0.3) is 10.9 Å². The van der Waals surface area contributed by atoms with Crippen LogP contribution in [0, 0.1) is 0 Å². The summed E-state index contributed by atoms with van der Waals surface area (Å²) in [6.07, 6.45) is 1.74. The van der Waals surface area contributed by atoms with E-state index >= 15 is 0 Å². The molecule has 1 heterocycles. The van der Waals surface area contributed by atoms with Crippen molar-refractivity contribution in [3.63, 3.8) is 0 Å². The van der Waals surface area contributed by atoms with Crippen LogP contribution in [0.3, 0.4) is 0 Å². The summed E-state index contributed by atoms with van der Waals surface area (Å²) in [5.41, 5.74) is 1.81. The first-order valence-electron chi connectivity index (χ1n) is 5.94. The smallest absolute Gasteiger partial charge is 0.241 e. The lowest BCUT2D eigenvalue weighted by molar-refractivity contribution is -0.127. The Bertz CT molecular complexity index is 613. The molecule has 0 atom stereocenters. The minimum Gasteiger partial charge on any atom is -0.365 e. The van der Waals surface area contributed by atoms with Crippen molar-refractivity contribution in [3.8, 4) is 0 Å². The van der Waals surface area contributed by atoms with Crippen molar-refractivity contribution in [2.24, 2.45) is 0 Å². The molecule has 2 aromatic rings. The summed E-state index contributed by atoms with van der Waals surface area (Å²) in [6, 6.07) is 7.45. The molecule has 2 rings (SSSR count). The molecule has 1 amide bonds. The van der Waals surface area contributed by atoms with Gasteiger partial charge in [0.2, 0.25) is 5.91 Å². The molecule has 0 saturated heterocycles. The Morgan fingerprint density at radius 1 is 1.26 bits per heavy atom. The molecule has 1 aromatic heterocycles. The first-order chi connectivity index (χ1) is 8.99.